The van der Waals surface area contributed by atoms with E-state index in [1.54, 1.807) is 0 Å². The summed E-state index contributed by atoms with van der Waals surface area (Å²) >= 11 is 0. The zero-order valence-corrected chi connectivity index (χ0v) is 13.6. The first-order valence-corrected chi connectivity index (χ1v) is 8.28. The highest BCUT2D eigenvalue weighted by atomic mass is 16.2. The largest absolute Gasteiger partial charge is 0.341 e. The molecule has 4 nitrogen and oxygen atoms in total. The summed E-state index contributed by atoms with van der Waals surface area (Å²) in [6.45, 7) is 6.75. The molecule has 1 fully saturated rings. The third-order valence-corrected chi connectivity index (χ3v) is 4.37. The lowest BCUT2D eigenvalue weighted by Crippen LogP contribution is -2.39. The Morgan fingerprint density at radius 3 is 2.27 bits per heavy atom. The summed E-state index contributed by atoms with van der Waals surface area (Å²) in [7, 11) is 0. The van der Waals surface area contributed by atoms with Crippen LogP contribution < -0.4 is 0 Å². The van der Waals surface area contributed by atoms with Crippen molar-refractivity contribution in [3.05, 3.63) is 35.9 Å². The fourth-order valence-electron chi connectivity index (χ4n) is 3.07. The van der Waals surface area contributed by atoms with Gasteiger partial charge in [0.25, 0.3) is 0 Å². The van der Waals surface area contributed by atoms with Crippen LogP contribution in [0.15, 0.2) is 30.3 Å². The van der Waals surface area contributed by atoms with Crippen molar-refractivity contribution in [2.24, 2.45) is 0 Å². The fraction of sp³-hybridized carbons (Fsp3) is 0.556. The molecule has 1 aliphatic heterocycles. The molecular formula is C18H26N2O2. The predicted octanol–water partition coefficient (Wildman–Crippen LogP) is 2.65. The summed E-state index contributed by atoms with van der Waals surface area (Å²) in [6.07, 6.45) is 2.20. The van der Waals surface area contributed by atoms with Crippen molar-refractivity contribution in [2.45, 2.75) is 39.0 Å². The Balaban J connectivity index is 2.04. The molecule has 1 heterocycles. The molecule has 0 spiro atoms. The van der Waals surface area contributed by atoms with Crippen LogP contribution in [0.5, 0.6) is 0 Å². The van der Waals surface area contributed by atoms with Crippen LogP contribution >= 0.6 is 0 Å². The van der Waals surface area contributed by atoms with E-state index in [4.69, 9.17) is 0 Å². The molecule has 0 aliphatic carbocycles. The van der Waals surface area contributed by atoms with Crippen LogP contribution in [0.2, 0.25) is 0 Å². The second-order valence-electron chi connectivity index (χ2n) is 5.78. The topological polar surface area (TPSA) is 40.6 Å². The molecule has 1 atom stereocenters. The smallest absolute Gasteiger partial charge is 0.230 e. The summed E-state index contributed by atoms with van der Waals surface area (Å²) in [5.41, 5.74) is 1.08. The molecule has 0 N–H and O–H groups in total. The second kappa shape index (κ2) is 7.97. The number of rotatable bonds is 4. The zero-order chi connectivity index (χ0) is 15.9. The van der Waals surface area contributed by atoms with Gasteiger partial charge in [-0.25, -0.2) is 0 Å². The lowest BCUT2D eigenvalue weighted by atomic mass is 9.95. The number of hydrogen-bond acceptors (Lipinski definition) is 2. The van der Waals surface area contributed by atoms with E-state index in [9.17, 15) is 9.59 Å². The number of amides is 2. The summed E-state index contributed by atoms with van der Waals surface area (Å²) in [4.78, 5) is 28.5. The van der Waals surface area contributed by atoms with E-state index in [0.717, 1.165) is 31.5 Å². The van der Waals surface area contributed by atoms with Gasteiger partial charge in [-0.05, 0) is 18.4 Å². The van der Waals surface area contributed by atoms with Crippen molar-refractivity contribution in [3.63, 3.8) is 0 Å². The minimum Gasteiger partial charge on any atom is -0.341 e. The van der Waals surface area contributed by atoms with E-state index in [2.05, 4.69) is 6.92 Å². The summed E-state index contributed by atoms with van der Waals surface area (Å²) in [5.74, 6) is 0.304. The molecule has 120 valence electrons. The molecule has 1 aromatic rings. The molecule has 0 saturated carbocycles. The van der Waals surface area contributed by atoms with Crippen molar-refractivity contribution in [3.8, 4) is 0 Å². The van der Waals surface area contributed by atoms with Crippen molar-refractivity contribution >= 4 is 11.8 Å². The number of carbonyl (C=O) groups is 2. The molecule has 1 aromatic carbocycles. The summed E-state index contributed by atoms with van der Waals surface area (Å²) in [6, 6.07) is 9.99. The van der Waals surface area contributed by atoms with E-state index in [-0.39, 0.29) is 17.7 Å². The van der Waals surface area contributed by atoms with Gasteiger partial charge in [0.05, 0.1) is 5.92 Å². The Morgan fingerprint density at radius 2 is 1.64 bits per heavy atom. The molecule has 0 aromatic heterocycles. The first-order valence-electron chi connectivity index (χ1n) is 8.28. The first-order chi connectivity index (χ1) is 10.7. The predicted molar refractivity (Wildman–Crippen MR) is 87.5 cm³/mol. The third kappa shape index (κ3) is 3.87. The molecule has 1 unspecified atom stereocenters. The Morgan fingerprint density at radius 1 is 1.00 bits per heavy atom. The highest BCUT2D eigenvalue weighted by Gasteiger charge is 2.26. The monoisotopic (exact) mass is 302 g/mol. The average Bonchev–Trinajstić information content (AvgIpc) is 2.82. The lowest BCUT2D eigenvalue weighted by Gasteiger charge is -2.26. The molecule has 1 aliphatic rings. The Hall–Kier alpha value is -1.84. The fourth-order valence-corrected chi connectivity index (χ4v) is 3.07. The SMILES string of the molecule is CCC(=O)N1CCCN(C(=O)C(CC)c2ccccc2)CC1. The quantitative estimate of drug-likeness (QED) is 0.858. The second-order valence-corrected chi connectivity index (χ2v) is 5.78. The van der Waals surface area contributed by atoms with Crippen molar-refractivity contribution in [1.82, 2.24) is 9.80 Å². The number of benzene rings is 1. The van der Waals surface area contributed by atoms with Gasteiger partial charge in [-0.3, -0.25) is 9.59 Å². The van der Waals surface area contributed by atoms with Gasteiger partial charge < -0.3 is 9.80 Å². The third-order valence-electron chi connectivity index (χ3n) is 4.37. The summed E-state index contributed by atoms with van der Waals surface area (Å²) in [5, 5.41) is 0. The Bertz CT molecular complexity index is 501. The van der Waals surface area contributed by atoms with Gasteiger partial charge in [0, 0.05) is 32.6 Å². The number of nitrogens with zero attached hydrogens (tertiary/aromatic N) is 2. The highest BCUT2D eigenvalue weighted by Crippen LogP contribution is 2.22. The van der Waals surface area contributed by atoms with Crippen LogP contribution in [0.25, 0.3) is 0 Å². The van der Waals surface area contributed by atoms with Gasteiger partial charge >= 0.3 is 0 Å². The maximum absolute atomic E-state index is 12.9. The van der Waals surface area contributed by atoms with Crippen LogP contribution in [-0.4, -0.2) is 47.8 Å². The molecule has 0 bridgehead atoms. The number of hydrogen-bond donors (Lipinski definition) is 0. The molecule has 22 heavy (non-hydrogen) atoms. The Kier molecular flexibility index (Phi) is 5.99. The molecule has 2 amide bonds. The molecular weight excluding hydrogens is 276 g/mol. The maximum atomic E-state index is 12.9. The molecule has 0 radical (unpaired) electrons. The van der Waals surface area contributed by atoms with E-state index >= 15 is 0 Å². The van der Waals surface area contributed by atoms with E-state index in [1.807, 2.05) is 47.1 Å². The van der Waals surface area contributed by atoms with E-state index < -0.39 is 0 Å². The van der Waals surface area contributed by atoms with E-state index in [1.165, 1.54) is 0 Å². The summed E-state index contributed by atoms with van der Waals surface area (Å²) < 4.78 is 0. The van der Waals surface area contributed by atoms with Crippen molar-refractivity contribution < 1.29 is 9.59 Å². The van der Waals surface area contributed by atoms with E-state index in [0.29, 0.717) is 19.5 Å². The van der Waals surface area contributed by atoms with Crippen LogP contribution in [0.1, 0.15) is 44.6 Å². The van der Waals surface area contributed by atoms with Gasteiger partial charge in [-0.2, -0.15) is 0 Å². The van der Waals surface area contributed by atoms with Crippen molar-refractivity contribution in [1.29, 1.82) is 0 Å². The zero-order valence-electron chi connectivity index (χ0n) is 13.6. The van der Waals surface area contributed by atoms with Gasteiger partial charge in [0.15, 0.2) is 0 Å². The first kappa shape index (κ1) is 16.5. The van der Waals surface area contributed by atoms with Gasteiger partial charge in [-0.1, -0.05) is 44.2 Å². The van der Waals surface area contributed by atoms with Gasteiger partial charge in [0.1, 0.15) is 0 Å². The van der Waals surface area contributed by atoms with Crippen molar-refractivity contribution in [2.75, 3.05) is 26.2 Å². The lowest BCUT2D eigenvalue weighted by molar-refractivity contribution is -0.134. The highest BCUT2D eigenvalue weighted by molar-refractivity contribution is 5.84. The molecule has 4 heteroatoms. The van der Waals surface area contributed by atoms with Crippen LogP contribution in [0.3, 0.4) is 0 Å². The minimum atomic E-state index is -0.0744. The Labute approximate surface area is 133 Å². The average molecular weight is 302 g/mol. The number of carbonyl (C=O) groups excluding carboxylic acids is 2. The van der Waals surface area contributed by atoms with Crippen LogP contribution in [0.4, 0.5) is 0 Å². The van der Waals surface area contributed by atoms with Gasteiger partial charge in [0.2, 0.25) is 11.8 Å². The van der Waals surface area contributed by atoms with Crippen LogP contribution in [-0.2, 0) is 9.59 Å². The normalized spacial score (nSPS) is 17.0. The molecule has 2 rings (SSSR count). The van der Waals surface area contributed by atoms with Gasteiger partial charge in [-0.15, -0.1) is 0 Å². The molecule has 1 saturated heterocycles. The maximum Gasteiger partial charge on any atom is 0.230 e. The standard InChI is InChI=1S/C18H26N2O2/c1-3-16(15-9-6-5-7-10-15)18(22)20-12-8-11-19(13-14-20)17(21)4-2/h5-7,9-10,16H,3-4,8,11-14H2,1-2H3. The van der Waals surface area contributed by atoms with Crippen LogP contribution in [0, 0.1) is 0 Å². The minimum absolute atomic E-state index is 0.0744.